The van der Waals surface area contributed by atoms with E-state index in [2.05, 4.69) is 10.3 Å². The summed E-state index contributed by atoms with van der Waals surface area (Å²) < 4.78 is 55.3. The molecule has 1 atom stereocenters. The van der Waals surface area contributed by atoms with Crippen molar-refractivity contribution in [3.8, 4) is 0 Å². The normalized spacial score (nSPS) is 19.2. The van der Waals surface area contributed by atoms with Crippen molar-refractivity contribution in [3.63, 3.8) is 0 Å². The zero-order valence-corrected chi connectivity index (χ0v) is 11.2. The minimum atomic E-state index is -4.43. The lowest BCUT2D eigenvalue weighted by atomic mass is 10.2. The number of rotatable bonds is 3. The van der Waals surface area contributed by atoms with Crippen LogP contribution in [0.1, 0.15) is 6.42 Å². The molecule has 0 saturated carbocycles. The Kier molecular flexibility index (Phi) is 3.42. The number of oxazole rings is 1. The van der Waals surface area contributed by atoms with Crippen molar-refractivity contribution in [2.24, 2.45) is 0 Å². The van der Waals surface area contributed by atoms with Crippen molar-refractivity contribution < 1.29 is 26.8 Å². The van der Waals surface area contributed by atoms with Crippen LogP contribution in [0.15, 0.2) is 22.6 Å². The van der Waals surface area contributed by atoms with Crippen molar-refractivity contribution in [1.29, 1.82) is 0 Å². The molecule has 1 saturated heterocycles. The number of halogens is 4. The highest BCUT2D eigenvalue weighted by molar-refractivity contribution is 5.86. The smallest absolute Gasteiger partial charge is 0.406 e. The van der Waals surface area contributed by atoms with Gasteiger partial charge in [-0.1, -0.05) is 0 Å². The van der Waals surface area contributed by atoms with Crippen LogP contribution in [0.5, 0.6) is 0 Å². The summed E-state index contributed by atoms with van der Waals surface area (Å²) in [6.07, 6.45) is -4.22. The molecule has 1 fully saturated rings. The number of fused-ring (bicyclic) bond motifs is 1. The topological polar surface area (TPSA) is 58.4 Å². The number of hydrogen-bond acceptors (Lipinski definition) is 4. The maximum Gasteiger partial charge on any atom is 0.406 e. The molecule has 9 heteroatoms. The summed E-state index contributed by atoms with van der Waals surface area (Å²) in [5.41, 5.74) is 0.585. The predicted octanol–water partition coefficient (Wildman–Crippen LogP) is 2.54. The van der Waals surface area contributed by atoms with E-state index in [9.17, 15) is 22.4 Å². The van der Waals surface area contributed by atoms with Crippen LogP contribution in [0.2, 0.25) is 0 Å². The average Bonchev–Trinajstić information content (AvgIpc) is 2.94. The second kappa shape index (κ2) is 5.15. The molecule has 5 nitrogen and oxygen atoms in total. The second-order valence-corrected chi connectivity index (χ2v) is 4.99. The van der Waals surface area contributed by atoms with Gasteiger partial charge in [0.1, 0.15) is 23.9 Å². The molecule has 0 radical (unpaired) electrons. The summed E-state index contributed by atoms with van der Waals surface area (Å²) in [6, 6.07) is 2.89. The number of nitrogens with zero attached hydrogens (tertiary/aromatic N) is 2. The molecule has 0 spiro atoms. The van der Waals surface area contributed by atoms with Gasteiger partial charge in [0.2, 0.25) is 5.91 Å². The summed E-state index contributed by atoms with van der Waals surface area (Å²) in [5.74, 6) is -1.15. The Hall–Kier alpha value is -2.32. The van der Waals surface area contributed by atoms with Crippen molar-refractivity contribution in [1.82, 2.24) is 9.88 Å². The van der Waals surface area contributed by atoms with Gasteiger partial charge < -0.3 is 14.6 Å². The SMILES string of the molecule is O=C1C(Nc2nc3cc(F)ccc3o2)CCN1CC(F)(F)F. The molecule has 2 heterocycles. The summed E-state index contributed by atoms with van der Waals surface area (Å²) >= 11 is 0. The van der Waals surface area contributed by atoms with E-state index in [0.29, 0.717) is 5.58 Å². The lowest BCUT2D eigenvalue weighted by Crippen LogP contribution is -2.39. The van der Waals surface area contributed by atoms with Gasteiger partial charge in [-0.05, 0) is 18.6 Å². The molecular weight excluding hydrogens is 306 g/mol. The van der Waals surface area contributed by atoms with Crippen molar-refractivity contribution in [3.05, 3.63) is 24.0 Å². The number of likely N-dealkylation sites (tertiary alicyclic amines) is 1. The average molecular weight is 317 g/mol. The quantitative estimate of drug-likeness (QED) is 0.884. The van der Waals surface area contributed by atoms with E-state index in [0.717, 1.165) is 11.0 Å². The number of hydrogen-bond donors (Lipinski definition) is 1. The van der Waals surface area contributed by atoms with E-state index in [1.54, 1.807) is 0 Å². The molecule has 1 N–H and O–H groups in total. The van der Waals surface area contributed by atoms with Crippen LogP contribution < -0.4 is 5.32 Å². The van der Waals surface area contributed by atoms with Crippen LogP contribution in [0.4, 0.5) is 23.6 Å². The Morgan fingerprint density at radius 1 is 1.41 bits per heavy atom. The minimum absolute atomic E-state index is 0.00483. The first-order chi connectivity index (χ1) is 10.3. The first-order valence-corrected chi connectivity index (χ1v) is 6.50. The van der Waals surface area contributed by atoms with E-state index < -0.39 is 30.5 Å². The summed E-state index contributed by atoms with van der Waals surface area (Å²) in [5, 5.41) is 2.66. The summed E-state index contributed by atoms with van der Waals surface area (Å²) in [7, 11) is 0. The Morgan fingerprint density at radius 2 is 2.18 bits per heavy atom. The molecule has 3 rings (SSSR count). The molecule has 118 valence electrons. The first-order valence-electron chi connectivity index (χ1n) is 6.50. The van der Waals surface area contributed by atoms with E-state index in [-0.39, 0.29) is 24.5 Å². The number of carbonyl (C=O) groups is 1. The van der Waals surface area contributed by atoms with Crippen LogP contribution in [-0.2, 0) is 4.79 Å². The number of anilines is 1. The molecule has 1 aromatic carbocycles. The molecule has 1 amide bonds. The van der Waals surface area contributed by atoms with Gasteiger partial charge in [-0.3, -0.25) is 4.79 Å². The van der Waals surface area contributed by atoms with E-state index in [4.69, 9.17) is 4.42 Å². The van der Waals surface area contributed by atoms with Crippen LogP contribution in [0.25, 0.3) is 11.1 Å². The Labute approximate surface area is 121 Å². The zero-order chi connectivity index (χ0) is 15.9. The summed E-state index contributed by atoms with van der Waals surface area (Å²) in [4.78, 5) is 16.6. The largest absolute Gasteiger partial charge is 0.424 e. The number of nitrogens with one attached hydrogen (secondary N) is 1. The number of alkyl halides is 3. The number of amides is 1. The Bertz CT molecular complexity index is 713. The third-order valence-corrected chi connectivity index (χ3v) is 3.31. The maximum absolute atomic E-state index is 13.1. The molecular formula is C13H11F4N3O2. The van der Waals surface area contributed by atoms with Crippen LogP contribution in [0, 0.1) is 5.82 Å². The van der Waals surface area contributed by atoms with Crippen molar-refractivity contribution in [2.45, 2.75) is 18.6 Å². The Balaban J connectivity index is 1.71. The fraction of sp³-hybridized carbons (Fsp3) is 0.385. The lowest BCUT2D eigenvalue weighted by Gasteiger charge is -2.18. The molecule has 2 aromatic rings. The van der Waals surface area contributed by atoms with Gasteiger partial charge in [-0.2, -0.15) is 18.2 Å². The molecule has 1 aliphatic heterocycles. The monoisotopic (exact) mass is 317 g/mol. The highest BCUT2D eigenvalue weighted by Gasteiger charge is 2.39. The summed E-state index contributed by atoms with van der Waals surface area (Å²) in [6.45, 7) is -1.27. The number of aromatic nitrogens is 1. The van der Waals surface area contributed by atoms with Crippen LogP contribution in [-0.4, -0.2) is 41.1 Å². The number of carbonyl (C=O) groups excluding carboxylic acids is 1. The van der Waals surface area contributed by atoms with E-state index in [1.165, 1.54) is 12.1 Å². The van der Waals surface area contributed by atoms with Gasteiger partial charge in [0.15, 0.2) is 5.58 Å². The van der Waals surface area contributed by atoms with Crippen molar-refractivity contribution in [2.75, 3.05) is 18.4 Å². The molecule has 1 unspecified atom stereocenters. The van der Waals surface area contributed by atoms with Gasteiger partial charge in [-0.15, -0.1) is 0 Å². The van der Waals surface area contributed by atoms with Crippen LogP contribution >= 0.6 is 0 Å². The number of benzene rings is 1. The lowest BCUT2D eigenvalue weighted by molar-refractivity contribution is -0.157. The molecule has 1 aromatic heterocycles. The predicted molar refractivity (Wildman–Crippen MR) is 68.6 cm³/mol. The highest BCUT2D eigenvalue weighted by Crippen LogP contribution is 2.24. The van der Waals surface area contributed by atoms with E-state index >= 15 is 0 Å². The zero-order valence-electron chi connectivity index (χ0n) is 11.2. The molecule has 22 heavy (non-hydrogen) atoms. The third-order valence-electron chi connectivity index (χ3n) is 3.31. The van der Waals surface area contributed by atoms with Crippen molar-refractivity contribution >= 4 is 23.0 Å². The van der Waals surface area contributed by atoms with E-state index in [1.807, 2.05) is 0 Å². The Morgan fingerprint density at radius 3 is 2.91 bits per heavy atom. The van der Waals surface area contributed by atoms with Gasteiger partial charge in [0.25, 0.3) is 6.01 Å². The minimum Gasteiger partial charge on any atom is -0.424 e. The fourth-order valence-electron chi connectivity index (χ4n) is 2.36. The van der Waals surface area contributed by atoms with Crippen LogP contribution in [0.3, 0.4) is 0 Å². The second-order valence-electron chi connectivity index (χ2n) is 4.99. The van der Waals surface area contributed by atoms with Gasteiger partial charge in [0.05, 0.1) is 0 Å². The standard InChI is InChI=1S/C13H11F4N3O2/c14-7-1-2-10-9(5-7)19-12(22-10)18-8-3-4-20(11(8)21)6-13(15,16)17/h1-2,5,8H,3-4,6H2,(H,18,19). The third kappa shape index (κ3) is 2.97. The highest BCUT2D eigenvalue weighted by atomic mass is 19.4. The molecule has 1 aliphatic rings. The maximum atomic E-state index is 13.1. The fourth-order valence-corrected chi connectivity index (χ4v) is 2.36. The molecule has 0 bridgehead atoms. The van der Waals surface area contributed by atoms with Gasteiger partial charge in [0, 0.05) is 12.6 Å². The molecule has 0 aliphatic carbocycles. The van der Waals surface area contributed by atoms with Gasteiger partial charge >= 0.3 is 6.18 Å². The first kappa shape index (κ1) is 14.6. The van der Waals surface area contributed by atoms with Gasteiger partial charge in [-0.25, -0.2) is 4.39 Å².